The van der Waals surface area contributed by atoms with E-state index in [1.54, 1.807) is 0 Å². The van der Waals surface area contributed by atoms with Crippen LogP contribution >= 0.6 is 0 Å². The van der Waals surface area contributed by atoms with Crippen LogP contribution in [0.5, 0.6) is 0 Å². The maximum Gasteiger partial charge on any atom is 0.0356 e. The monoisotopic (exact) mass is 151 g/mol. The van der Waals surface area contributed by atoms with Crippen LogP contribution < -0.4 is 0 Å². The van der Waals surface area contributed by atoms with E-state index in [1.807, 2.05) is 4.90 Å². The molecule has 2 aliphatic rings. The summed E-state index contributed by atoms with van der Waals surface area (Å²) in [7, 11) is 3.95. The van der Waals surface area contributed by atoms with Crippen LogP contribution in [0.4, 0.5) is 0 Å². The molecule has 0 saturated carbocycles. The molecule has 0 spiro atoms. The van der Waals surface area contributed by atoms with E-state index in [1.165, 1.54) is 25.1 Å². The summed E-state index contributed by atoms with van der Waals surface area (Å²) in [5.74, 6) is 0. The molecule has 0 unspecified atom stereocenters. The van der Waals surface area contributed by atoms with Crippen molar-refractivity contribution in [2.24, 2.45) is 0 Å². The van der Waals surface area contributed by atoms with Crippen LogP contribution in [0.1, 0.15) is 12.8 Å². The summed E-state index contributed by atoms with van der Waals surface area (Å²) in [4.78, 5) is 4.57. The predicted molar refractivity (Wildman–Crippen MR) is 45.8 cm³/mol. The van der Waals surface area contributed by atoms with Gasteiger partial charge in [-0.3, -0.25) is 11.9 Å². The quantitative estimate of drug-likeness (QED) is 0.478. The van der Waals surface area contributed by atoms with E-state index in [0.717, 1.165) is 19.1 Å². The zero-order valence-electron chi connectivity index (χ0n) is 6.92. The second-order valence-corrected chi connectivity index (χ2v) is 3.56. The fourth-order valence-electron chi connectivity index (χ4n) is 2.03. The summed E-state index contributed by atoms with van der Waals surface area (Å²) in [5, 5.41) is 0. The normalized spacial score (nSPS) is 32.6. The molecular weight excluding hydrogens is 136 g/mol. The Balaban J connectivity index is 2.06. The first-order valence-corrected chi connectivity index (χ1v) is 4.27. The first-order chi connectivity index (χ1) is 5.27. The lowest BCUT2D eigenvalue weighted by molar-refractivity contribution is 0.175. The Kier molecular flexibility index (Phi) is 1.64. The van der Waals surface area contributed by atoms with Crippen LogP contribution in [0.3, 0.4) is 0 Å². The van der Waals surface area contributed by atoms with Gasteiger partial charge in [-0.25, -0.2) is 0 Å². The predicted octanol–water partition coefficient (Wildman–Crippen LogP) is 1.07. The summed E-state index contributed by atoms with van der Waals surface area (Å²) < 4.78 is 0. The molecule has 0 radical (unpaired) electrons. The molecule has 62 valence electrons. The lowest BCUT2D eigenvalue weighted by atomic mass is 10.1. The van der Waals surface area contributed by atoms with E-state index in [4.69, 9.17) is 0 Å². The van der Waals surface area contributed by atoms with Gasteiger partial charge in [0.1, 0.15) is 0 Å². The highest BCUT2D eigenvalue weighted by Gasteiger charge is 2.28. The standard InChI is InChI=1S/C9H15N2/c1-8-6-11-5-3-4-9(11)7-10(8)2/h9H,1-7H2/q-1/t9-/m1/s1. The molecule has 2 aliphatic heterocycles. The number of piperazine rings is 1. The zero-order chi connectivity index (χ0) is 7.84. The first kappa shape index (κ1) is 7.17. The van der Waals surface area contributed by atoms with Crippen LogP contribution in [0.25, 0.3) is 0 Å². The minimum Gasteiger partial charge on any atom is -0.527 e. The third-order valence-electron chi connectivity index (χ3n) is 2.76. The lowest BCUT2D eigenvalue weighted by Gasteiger charge is -2.43. The summed E-state index contributed by atoms with van der Waals surface area (Å²) in [6.07, 6.45) is 2.70. The third kappa shape index (κ3) is 1.16. The highest BCUT2D eigenvalue weighted by atomic mass is 15.3. The van der Waals surface area contributed by atoms with Crippen LogP contribution in [0, 0.1) is 7.05 Å². The number of fused-ring (bicyclic) bond motifs is 1. The Bertz CT molecular complexity index is 176. The van der Waals surface area contributed by atoms with Crippen molar-refractivity contribution in [3.63, 3.8) is 0 Å². The van der Waals surface area contributed by atoms with Gasteiger partial charge in [-0.2, -0.15) is 0 Å². The number of rotatable bonds is 0. The molecule has 2 rings (SSSR count). The van der Waals surface area contributed by atoms with Crippen molar-refractivity contribution in [2.75, 3.05) is 19.6 Å². The lowest BCUT2D eigenvalue weighted by Crippen LogP contribution is -2.45. The van der Waals surface area contributed by atoms with E-state index >= 15 is 0 Å². The van der Waals surface area contributed by atoms with Gasteiger partial charge in [0, 0.05) is 19.1 Å². The number of nitrogens with zero attached hydrogens (tertiary/aromatic N) is 2. The third-order valence-corrected chi connectivity index (χ3v) is 2.76. The number of hydrogen-bond donors (Lipinski definition) is 0. The molecule has 0 bridgehead atoms. The average molecular weight is 151 g/mol. The minimum atomic E-state index is 0.762. The van der Waals surface area contributed by atoms with Gasteiger partial charge in [0.15, 0.2) is 0 Å². The van der Waals surface area contributed by atoms with Crippen molar-refractivity contribution in [1.82, 2.24) is 9.80 Å². The molecule has 0 N–H and O–H groups in total. The Morgan fingerprint density at radius 2 is 2.36 bits per heavy atom. The van der Waals surface area contributed by atoms with Crippen molar-refractivity contribution in [3.8, 4) is 0 Å². The molecule has 2 fully saturated rings. The van der Waals surface area contributed by atoms with Gasteiger partial charge in [-0.15, -0.1) is 0 Å². The Morgan fingerprint density at radius 3 is 3.18 bits per heavy atom. The van der Waals surface area contributed by atoms with Gasteiger partial charge < -0.3 is 4.90 Å². The van der Waals surface area contributed by atoms with Gasteiger partial charge >= 0.3 is 0 Å². The van der Waals surface area contributed by atoms with Crippen LogP contribution in [-0.2, 0) is 0 Å². The zero-order valence-corrected chi connectivity index (χ0v) is 6.92. The van der Waals surface area contributed by atoms with Crippen molar-refractivity contribution < 1.29 is 0 Å². The molecule has 0 aromatic heterocycles. The van der Waals surface area contributed by atoms with Crippen molar-refractivity contribution in [3.05, 3.63) is 19.3 Å². The molecule has 2 nitrogen and oxygen atoms in total. The smallest absolute Gasteiger partial charge is 0.0356 e. The van der Waals surface area contributed by atoms with Crippen LogP contribution in [0.15, 0.2) is 12.3 Å². The van der Waals surface area contributed by atoms with E-state index in [-0.39, 0.29) is 0 Å². The summed E-state index contributed by atoms with van der Waals surface area (Å²) >= 11 is 0. The summed E-state index contributed by atoms with van der Waals surface area (Å²) in [6, 6.07) is 0.762. The van der Waals surface area contributed by atoms with Gasteiger partial charge in [-0.05, 0) is 25.1 Å². The van der Waals surface area contributed by atoms with Crippen molar-refractivity contribution >= 4 is 0 Å². The first-order valence-electron chi connectivity index (χ1n) is 4.27. The highest BCUT2D eigenvalue weighted by Crippen LogP contribution is 2.24. The molecule has 0 aliphatic carbocycles. The molecular formula is C9H15N2-. The molecule has 2 heterocycles. The van der Waals surface area contributed by atoms with E-state index in [9.17, 15) is 0 Å². The highest BCUT2D eigenvalue weighted by molar-refractivity contribution is 5.05. The molecule has 0 amide bonds. The Labute approximate surface area is 68.5 Å². The molecule has 1 atom stereocenters. The fraction of sp³-hybridized carbons (Fsp3) is 0.667. The van der Waals surface area contributed by atoms with Crippen LogP contribution in [0.2, 0.25) is 0 Å². The molecule has 2 heteroatoms. The largest absolute Gasteiger partial charge is 0.527 e. The SMILES string of the molecule is C=C1CN2CCC[C@@H]2CN1[CH2-]. The second-order valence-electron chi connectivity index (χ2n) is 3.56. The van der Waals surface area contributed by atoms with Gasteiger partial charge in [0.05, 0.1) is 0 Å². The van der Waals surface area contributed by atoms with E-state index < -0.39 is 0 Å². The van der Waals surface area contributed by atoms with Gasteiger partial charge in [-0.1, -0.05) is 6.58 Å². The van der Waals surface area contributed by atoms with Crippen LogP contribution in [-0.4, -0.2) is 35.5 Å². The minimum absolute atomic E-state index is 0.762. The number of hydrogen-bond acceptors (Lipinski definition) is 2. The second kappa shape index (κ2) is 2.52. The maximum atomic E-state index is 3.98. The van der Waals surface area contributed by atoms with E-state index in [2.05, 4.69) is 18.5 Å². The molecule has 0 aromatic rings. The van der Waals surface area contributed by atoms with Crippen molar-refractivity contribution in [1.29, 1.82) is 0 Å². The molecule has 0 aromatic carbocycles. The van der Waals surface area contributed by atoms with Crippen molar-refractivity contribution in [2.45, 2.75) is 18.9 Å². The maximum absolute atomic E-state index is 3.98. The fourth-order valence-corrected chi connectivity index (χ4v) is 2.03. The topological polar surface area (TPSA) is 6.48 Å². The van der Waals surface area contributed by atoms with E-state index in [0.29, 0.717) is 0 Å². The average Bonchev–Trinajstić information content (AvgIpc) is 2.36. The summed E-state index contributed by atoms with van der Waals surface area (Å²) in [6.45, 7) is 7.36. The molecule has 11 heavy (non-hydrogen) atoms. The Morgan fingerprint density at radius 1 is 1.55 bits per heavy atom. The van der Waals surface area contributed by atoms with Gasteiger partial charge in [0.2, 0.25) is 0 Å². The van der Waals surface area contributed by atoms with Gasteiger partial charge in [0.25, 0.3) is 0 Å². The molecule has 2 saturated heterocycles. The Hall–Kier alpha value is -0.500. The summed E-state index contributed by atoms with van der Waals surface area (Å²) in [5.41, 5.74) is 1.17.